The van der Waals surface area contributed by atoms with Gasteiger partial charge in [-0.3, -0.25) is 14.6 Å². The predicted octanol–water partition coefficient (Wildman–Crippen LogP) is 1.53. The fourth-order valence-electron chi connectivity index (χ4n) is 1.76. The fourth-order valence-corrected chi connectivity index (χ4v) is 1.76. The number of hydrogen-bond donors (Lipinski definition) is 1. The zero-order valence-electron chi connectivity index (χ0n) is 10.6. The van der Waals surface area contributed by atoms with Gasteiger partial charge in [-0.15, -0.1) is 0 Å². The molecule has 0 saturated carbocycles. The van der Waals surface area contributed by atoms with Crippen LogP contribution in [0.2, 0.25) is 0 Å². The number of hydrogen-bond acceptors (Lipinski definition) is 4. The zero-order chi connectivity index (χ0) is 13.7. The van der Waals surface area contributed by atoms with E-state index in [0.29, 0.717) is 12.2 Å². The van der Waals surface area contributed by atoms with Gasteiger partial charge in [0.25, 0.3) is 5.91 Å². The summed E-state index contributed by atoms with van der Waals surface area (Å²) in [5.74, 6) is -0.763. The molecule has 1 amide bonds. The molecule has 2 rings (SSSR count). The van der Waals surface area contributed by atoms with Crippen molar-refractivity contribution >= 4 is 22.8 Å². The summed E-state index contributed by atoms with van der Waals surface area (Å²) in [6.07, 6.45) is 1.67. The summed E-state index contributed by atoms with van der Waals surface area (Å²) < 4.78 is 4.75. The van der Waals surface area contributed by atoms with Crippen molar-refractivity contribution in [3.05, 3.63) is 42.1 Å². The Kier molecular flexibility index (Phi) is 4.07. The molecule has 98 valence electrons. The molecule has 0 aliphatic heterocycles. The molecule has 5 heteroatoms. The van der Waals surface area contributed by atoms with Crippen LogP contribution in [0.25, 0.3) is 10.9 Å². The molecule has 0 spiro atoms. The molecule has 0 radical (unpaired) electrons. The molecule has 5 nitrogen and oxygen atoms in total. The van der Waals surface area contributed by atoms with Crippen LogP contribution in [0.15, 0.2) is 36.5 Å². The minimum Gasteiger partial charge on any atom is -0.465 e. The summed E-state index contributed by atoms with van der Waals surface area (Å²) in [5, 5.41) is 3.29. The summed E-state index contributed by atoms with van der Waals surface area (Å²) in [6.45, 7) is 1.88. The Bertz CT molecular complexity index is 605. The lowest BCUT2D eigenvalue weighted by atomic mass is 10.1. The van der Waals surface area contributed by atoms with Crippen LogP contribution >= 0.6 is 0 Å². The largest absolute Gasteiger partial charge is 0.465 e. The summed E-state index contributed by atoms with van der Waals surface area (Å²) in [6, 6.07) is 8.88. The average molecular weight is 258 g/mol. The molecule has 1 N–H and O–H groups in total. The SMILES string of the molecule is CCOC(=O)CNC(=O)c1cccc2ncccc12. The molecule has 0 aliphatic rings. The number of ether oxygens (including phenoxy) is 1. The van der Waals surface area contributed by atoms with Gasteiger partial charge in [-0.1, -0.05) is 12.1 Å². The number of carbonyl (C=O) groups excluding carboxylic acids is 2. The Morgan fingerprint density at radius 2 is 2.11 bits per heavy atom. The Morgan fingerprint density at radius 3 is 2.89 bits per heavy atom. The first-order chi connectivity index (χ1) is 9.22. The van der Waals surface area contributed by atoms with Gasteiger partial charge in [0.1, 0.15) is 6.54 Å². The lowest BCUT2D eigenvalue weighted by Crippen LogP contribution is -2.30. The molecule has 1 aromatic heterocycles. The van der Waals surface area contributed by atoms with Gasteiger partial charge in [-0.05, 0) is 25.1 Å². The monoisotopic (exact) mass is 258 g/mol. The van der Waals surface area contributed by atoms with E-state index < -0.39 is 5.97 Å². The third-order valence-electron chi connectivity index (χ3n) is 2.59. The van der Waals surface area contributed by atoms with Gasteiger partial charge in [0.2, 0.25) is 0 Å². The first-order valence-electron chi connectivity index (χ1n) is 6.00. The minimum atomic E-state index is -0.450. The van der Waals surface area contributed by atoms with Crippen LogP contribution in [0, 0.1) is 0 Å². The second kappa shape index (κ2) is 5.95. The van der Waals surface area contributed by atoms with E-state index in [1.54, 1.807) is 31.3 Å². The van der Waals surface area contributed by atoms with Crippen molar-refractivity contribution in [1.29, 1.82) is 0 Å². The first kappa shape index (κ1) is 13.0. The van der Waals surface area contributed by atoms with E-state index >= 15 is 0 Å². The quantitative estimate of drug-likeness (QED) is 0.844. The molecule has 0 aliphatic carbocycles. The highest BCUT2D eigenvalue weighted by Crippen LogP contribution is 2.15. The number of carbonyl (C=O) groups is 2. The lowest BCUT2D eigenvalue weighted by Gasteiger charge is -2.07. The number of fused-ring (bicyclic) bond motifs is 1. The lowest BCUT2D eigenvalue weighted by molar-refractivity contribution is -0.141. The van der Waals surface area contributed by atoms with E-state index in [0.717, 1.165) is 10.9 Å². The number of esters is 1. The van der Waals surface area contributed by atoms with E-state index in [1.807, 2.05) is 12.1 Å². The first-order valence-corrected chi connectivity index (χ1v) is 6.00. The second-order valence-corrected chi connectivity index (χ2v) is 3.86. The third kappa shape index (κ3) is 3.07. The molecule has 1 heterocycles. The number of aromatic nitrogens is 1. The van der Waals surface area contributed by atoms with Gasteiger partial charge in [0, 0.05) is 17.1 Å². The highest BCUT2D eigenvalue weighted by Gasteiger charge is 2.11. The van der Waals surface area contributed by atoms with E-state index in [9.17, 15) is 9.59 Å². The molecule has 0 unspecified atom stereocenters. The van der Waals surface area contributed by atoms with E-state index in [1.165, 1.54) is 0 Å². The van der Waals surface area contributed by atoms with Gasteiger partial charge in [0.15, 0.2) is 0 Å². The standard InChI is InChI=1S/C14H14N2O3/c1-2-19-13(17)9-16-14(18)11-5-3-7-12-10(11)6-4-8-15-12/h3-8H,2,9H2,1H3,(H,16,18). The molecule has 0 atom stereocenters. The summed E-state index contributed by atoms with van der Waals surface area (Å²) in [7, 11) is 0. The Balaban J connectivity index is 2.15. The molecular weight excluding hydrogens is 244 g/mol. The van der Waals surface area contributed by atoms with Crippen molar-refractivity contribution in [3.8, 4) is 0 Å². The fraction of sp³-hybridized carbons (Fsp3) is 0.214. The maximum Gasteiger partial charge on any atom is 0.325 e. The second-order valence-electron chi connectivity index (χ2n) is 3.86. The normalized spacial score (nSPS) is 10.2. The van der Waals surface area contributed by atoms with Crippen LogP contribution in [0.1, 0.15) is 17.3 Å². The number of benzene rings is 1. The highest BCUT2D eigenvalue weighted by molar-refractivity contribution is 6.06. The van der Waals surface area contributed by atoms with Crippen molar-refractivity contribution < 1.29 is 14.3 Å². The van der Waals surface area contributed by atoms with Gasteiger partial charge in [-0.2, -0.15) is 0 Å². The maximum absolute atomic E-state index is 12.0. The summed E-state index contributed by atoms with van der Waals surface area (Å²) >= 11 is 0. The van der Waals surface area contributed by atoms with Crippen molar-refractivity contribution in [2.24, 2.45) is 0 Å². The molecule has 0 fully saturated rings. The summed E-state index contributed by atoms with van der Waals surface area (Å²) in [5.41, 5.74) is 1.24. The van der Waals surface area contributed by atoms with E-state index in [4.69, 9.17) is 4.74 Å². The van der Waals surface area contributed by atoms with Gasteiger partial charge < -0.3 is 10.1 Å². The zero-order valence-corrected chi connectivity index (χ0v) is 10.6. The molecule has 19 heavy (non-hydrogen) atoms. The van der Waals surface area contributed by atoms with Crippen LogP contribution in [-0.2, 0) is 9.53 Å². The smallest absolute Gasteiger partial charge is 0.325 e. The van der Waals surface area contributed by atoms with E-state index in [2.05, 4.69) is 10.3 Å². The number of pyridine rings is 1. The Hall–Kier alpha value is -2.43. The number of rotatable bonds is 4. The van der Waals surface area contributed by atoms with Gasteiger partial charge in [0.05, 0.1) is 12.1 Å². The molecule has 1 aromatic carbocycles. The number of amides is 1. The van der Waals surface area contributed by atoms with Crippen molar-refractivity contribution in [1.82, 2.24) is 10.3 Å². The van der Waals surface area contributed by atoms with Crippen LogP contribution in [0.4, 0.5) is 0 Å². The average Bonchev–Trinajstić information content (AvgIpc) is 2.44. The predicted molar refractivity (Wildman–Crippen MR) is 70.7 cm³/mol. The summed E-state index contributed by atoms with van der Waals surface area (Å²) in [4.78, 5) is 27.4. The van der Waals surface area contributed by atoms with Gasteiger partial charge in [-0.25, -0.2) is 0 Å². The van der Waals surface area contributed by atoms with Crippen molar-refractivity contribution in [2.75, 3.05) is 13.2 Å². The molecule has 2 aromatic rings. The number of nitrogens with zero attached hydrogens (tertiary/aromatic N) is 1. The van der Waals surface area contributed by atoms with Crippen LogP contribution in [0.3, 0.4) is 0 Å². The Labute approximate surface area is 110 Å². The van der Waals surface area contributed by atoms with Crippen molar-refractivity contribution in [3.63, 3.8) is 0 Å². The van der Waals surface area contributed by atoms with Crippen LogP contribution in [-0.4, -0.2) is 30.0 Å². The highest BCUT2D eigenvalue weighted by atomic mass is 16.5. The van der Waals surface area contributed by atoms with Crippen molar-refractivity contribution in [2.45, 2.75) is 6.92 Å². The topological polar surface area (TPSA) is 68.3 Å². The number of nitrogens with one attached hydrogen (secondary N) is 1. The van der Waals surface area contributed by atoms with Crippen LogP contribution in [0.5, 0.6) is 0 Å². The minimum absolute atomic E-state index is 0.136. The third-order valence-corrected chi connectivity index (χ3v) is 2.59. The molecular formula is C14H14N2O3. The maximum atomic E-state index is 12.0. The van der Waals surface area contributed by atoms with E-state index in [-0.39, 0.29) is 12.5 Å². The van der Waals surface area contributed by atoms with Gasteiger partial charge >= 0.3 is 5.97 Å². The Morgan fingerprint density at radius 1 is 1.26 bits per heavy atom. The molecule has 0 saturated heterocycles. The van der Waals surface area contributed by atoms with Crippen LogP contribution < -0.4 is 5.32 Å². The molecule has 0 bridgehead atoms.